The van der Waals surface area contributed by atoms with E-state index in [1.165, 1.54) is 0 Å². The monoisotopic (exact) mass is 344 g/mol. The maximum atomic E-state index is 5.64. The fourth-order valence-electron chi connectivity index (χ4n) is 2.15. The van der Waals surface area contributed by atoms with Crippen molar-refractivity contribution in [2.75, 3.05) is 20.3 Å². The van der Waals surface area contributed by atoms with E-state index >= 15 is 0 Å². The minimum absolute atomic E-state index is 0.502. The third-order valence-electron chi connectivity index (χ3n) is 3.30. The summed E-state index contributed by atoms with van der Waals surface area (Å²) in [4.78, 5) is 5.46. The summed E-state index contributed by atoms with van der Waals surface area (Å²) in [6, 6.07) is 3.93. The number of hydrogen-bond acceptors (Lipinski definition) is 6. The second kappa shape index (κ2) is 5.32. The van der Waals surface area contributed by atoms with Crippen molar-refractivity contribution in [1.82, 2.24) is 10.1 Å². The summed E-state index contributed by atoms with van der Waals surface area (Å²) in [5.41, 5.74) is -0.502. The highest BCUT2D eigenvalue weighted by molar-refractivity contribution is 9.11. The molecule has 0 saturated carbocycles. The predicted octanol–water partition coefficient (Wildman–Crippen LogP) is 3.21. The van der Waals surface area contributed by atoms with E-state index in [4.69, 9.17) is 14.0 Å². The molecule has 5 nitrogen and oxygen atoms in total. The van der Waals surface area contributed by atoms with Gasteiger partial charge in [-0.25, -0.2) is 0 Å². The number of hydrogen-bond donors (Lipinski definition) is 0. The minimum Gasteiger partial charge on any atom is -0.381 e. The molecule has 19 heavy (non-hydrogen) atoms. The van der Waals surface area contributed by atoms with Crippen molar-refractivity contribution in [2.45, 2.75) is 18.4 Å². The number of nitrogens with zero attached hydrogens (tertiary/aromatic N) is 2. The zero-order chi connectivity index (χ0) is 13.3. The molecule has 0 aromatic carbocycles. The van der Waals surface area contributed by atoms with Crippen molar-refractivity contribution < 1.29 is 14.0 Å². The van der Waals surface area contributed by atoms with Crippen LogP contribution in [0.5, 0.6) is 0 Å². The fraction of sp³-hybridized carbons (Fsp3) is 0.500. The van der Waals surface area contributed by atoms with Crippen LogP contribution in [-0.4, -0.2) is 30.5 Å². The molecule has 0 radical (unpaired) electrons. The molecule has 0 bridgehead atoms. The van der Waals surface area contributed by atoms with Crippen LogP contribution in [0.3, 0.4) is 0 Å². The lowest BCUT2D eigenvalue weighted by molar-refractivity contribution is -0.111. The third kappa shape index (κ3) is 2.47. The Morgan fingerprint density at radius 3 is 2.79 bits per heavy atom. The van der Waals surface area contributed by atoms with Gasteiger partial charge >= 0.3 is 0 Å². The van der Waals surface area contributed by atoms with Crippen molar-refractivity contribution in [3.8, 4) is 10.7 Å². The van der Waals surface area contributed by atoms with Crippen molar-refractivity contribution in [2.24, 2.45) is 0 Å². The van der Waals surface area contributed by atoms with Crippen molar-refractivity contribution in [3.05, 3.63) is 21.8 Å². The molecule has 0 amide bonds. The van der Waals surface area contributed by atoms with Gasteiger partial charge in [0.15, 0.2) is 5.60 Å². The number of aromatic nitrogens is 2. The molecule has 0 unspecified atom stereocenters. The van der Waals surface area contributed by atoms with Gasteiger partial charge in [-0.2, -0.15) is 4.98 Å². The van der Waals surface area contributed by atoms with E-state index in [1.54, 1.807) is 18.4 Å². The molecule has 2 aromatic heterocycles. The lowest BCUT2D eigenvalue weighted by Crippen LogP contribution is -2.35. The van der Waals surface area contributed by atoms with Gasteiger partial charge in [-0.15, -0.1) is 11.3 Å². The minimum atomic E-state index is -0.502. The summed E-state index contributed by atoms with van der Waals surface area (Å²) < 4.78 is 17.5. The van der Waals surface area contributed by atoms with Gasteiger partial charge in [0, 0.05) is 33.2 Å². The van der Waals surface area contributed by atoms with Gasteiger partial charge in [0.2, 0.25) is 5.82 Å². The van der Waals surface area contributed by atoms with Gasteiger partial charge < -0.3 is 14.0 Å². The molecule has 0 atom stereocenters. The van der Waals surface area contributed by atoms with Crippen LogP contribution in [0.25, 0.3) is 10.7 Å². The van der Waals surface area contributed by atoms with Crippen LogP contribution >= 0.6 is 27.3 Å². The SMILES string of the molecule is COC1(c2nc(-c3ccc(Br)s3)no2)CCOCC1. The normalized spacial score (nSPS) is 18.6. The highest BCUT2D eigenvalue weighted by atomic mass is 79.9. The maximum Gasteiger partial charge on any atom is 0.259 e. The lowest BCUT2D eigenvalue weighted by Gasteiger charge is -2.32. The maximum absolute atomic E-state index is 5.64. The van der Waals surface area contributed by atoms with Crippen LogP contribution in [0.15, 0.2) is 20.4 Å². The number of halogens is 1. The largest absolute Gasteiger partial charge is 0.381 e. The molecule has 0 spiro atoms. The first-order chi connectivity index (χ1) is 9.23. The first-order valence-corrected chi connectivity index (χ1v) is 7.57. The zero-order valence-corrected chi connectivity index (χ0v) is 12.8. The fourth-order valence-corrected chi connectivity index (χ4v) is 3.46. The van der Waals surface area contributed by atoms with E-state index in [0.717, 1.165) is 21.5 Å². The van der Waals surface area contributed by atoms with Crippen LogP contribution in [-0.2, 0) is 15.1 Å². The summed E-state index contributed by atoms with van der Waals surface area (Å²) in [7, 11) is 1.68. The molecular weight excluding hydrogens is 332 g/mol. The van der Waals surface area contributed by atoms with E-state index in [-0.39, 0.29) is 0 Å². The van der Waals surface area contributed by atoms with Gasteiger partial charge in [-0.05, 0) is 28.1 Å². The number of ether oxygens (including phenoxy) is 2. The Morgan fingerprint density at radius 2 is 2.16 bits per heavy atom. The molecule has 1 aliphatic rings. The summed E-state index contributed by atoms with van der Waals surface area (Å²) in [5, 5.41) is 4.05. The Labute approximate surface area is 123 Å². The second-order valence-corrected chi connectivity index (χ2v) is 6.80. The van der Waals surface area contributed by atoms with Gasteiger partial charge in [-0.1, -0.05) is 5.16 Å². The second-order valence-electron chi connectivity index (χ2n) is 4.34. The standard InChI is InChI=1S/C12H13BrN2O3S/c1-16-12(4-6-17-7-5-12)11-14-10(15-18-11)8-2-3-9(13)19-8/h2-3H,4-7H2,1H3. The zero-order valence-electron chi connectivity index (χ0n) is 10.4. The van der Waals surface area contributed by atoms with Gasteiger partial charge in [-0.3, -0.25) is 0 Å². The van der Waals surface area contributed by atoms with Crippen LogP contribution in [0.4, 0.5) is 0 Å². The first kappa shape index (κ1) is 13.2. The van der Waals surface area contributed by atoms with Crippen LogP contribution in [0.2, 0.25) is 0 Å². The van der Waals surface area contributed by atoms with Crippen molar-refractivity contribution in [1.29, 1.82) is 0 Å². The molecule has 3 rings (SSSR count). The summed E-state index contributed by atoms with van der Waals surface area (Å²) >= 11 is 5.00. The van der Waals surface area contributed by atoms with Crippen LogP contribution in [0.1, 0.15) is 18.7 Å². The van der Waals surface area contributed by atoms with Gasteiger partial charge in [0.1, 0.15) is 0 Å². The van der Waals surface area contributed by atoms with E-state index in [0.29, 0.717) is 24.9 Å². The van der Waals surface area contributed by atoms with E-state index in [9.17, 15) is 0 Å². The molecule has 0 aliphatic carbocycles. The highest BCUT2D eigenvalue weighted by Gasteiger charge is 2.40. The van der Waals surface area contributed by atoms with Crippen LogP contribution in [0, 0.1) is 0 Å². The van der Waals surface area contributed by atoms with E-state index in [2.05, 4.69) is 26.1 Å². The molecule has 3 heterocycles. The summed E-state index contributed by atoms with van der Waals surface area (Å²) in [6.45, 7) is 1.30. The van der Waals surface area contributed by atoms with E-state index < -0.39 is 5.60 Å². The quantitative estimate of drug-likeness (QED) is 0.855. The van der Waals surface area contributed by atoms with E-state index in [1.807, 2.05) is 12.1 Å². The van der Waals surface area contributed by atoms with Gasteiger partial charge in [0.25, 0.3) is 5.89 Å². The smallest absolute Gasteiger partial charge is 0.259 e. The molecule has 7 heteroatoms. The number of rotatable bonds is 3. The topological polar surface area (TPSA) is 57.4 Å². The molecule has 1 aliphatic heterocycles. The van der Waals surface area contributed by atoms with Crippen molar-refractivity contribution in [3.63, 3.8) is 0 Å². The number of thiophene rings is 1. The lowest BCUT2D eigenvalue weighted by atomic mass is 9.94. The van der Waals surface area contributed by atoms with Gasteiger partial charge in [0.05, 0.1) is 8.66 Å². The average molecular weight is 345 g/mol. The molecule has 1 saturated heterocycles. The molecular formula is C12H13BrN2O3S. The Bertz CT molecular complexity index is 563. The van der Waals surface area contributed by atoms with Crippen molar-refractivity contribution >= 4 is 27.3 Å². The first-order valence-electron chi connectivity index (χ1n) is 5.96. The summed E-state index contributed by atoms with van der Waals surface area (Å²) in [5.74, 6) is 1.14. The molecule has 102 valence electrons. The Morgan fingerprint density at radius 1 is 1.37 bits per heavy atom. The average Bonchev–Trinajstić information content (AvgIpc) is 3.08. The predicted molar refractivity (Wildman–Crippen MR) is 74.1 cm³/mol. The summed E-state index contributed by atoms with van der Waals surface area (Å²) in [6.07, 6.45) is 1.47. The Hall–Kier alpha value is -0.760. The highest BCUT2D eigenvalue weighted by Crippen LogP contribution is 2.36. The Balaban J connectivity index is 1.91. The van der Waals surface area contributed by atoms with Crippen LogP contribution < -0.4 is 0 Å². The number of methoxy groups -OCH3 is 1. The molecule has 2 aromatic rings. The third-order valence-corrected chi connectivity index (χ3v) is 4.92. The Kier molecular flexibility index (Phi) is 3.70. The molecule has 1 fully saturated rings. The molecule has 0 N–H and O–H groups in total.